The van der Waals surface area contributed by atoms with Crippen LogP contribution in [0.3, 0.4) is 0 Å². The van der Waals surface area contributed by atoms with Crippen molar-refractivity contribution in [3.63, 3.8) is 0 Å². The van der Waals surface area contributed by atoms with Gasteiger partial charge in [-0.2, -0.15) is 0 Å². The zero-order valence-corrected chi connectivity index (χ0v) is 9.75. The van der Waals surface area contributed by atoms with E-state index in [1.165, 1.54) is 0 Å². The van der Waals surface area contributed by atoms with Gasteiger partial charge in [0.15, 0.2) is 5.78 Å². The van der Waals surface area contributed by atoms with Crippen molar-refractivity contribution < 1.29 is 14.7 Å². The number of carboxylic acids is 1. The molecule has 3 nitrogen and oxygen atoms in total. The molecule has 0 saturated carbocycles. The molecule has 1 aromatic rings. The van der Waals surface area contributed by atoms with Crippen molar-refractivity contribution in [3.05, 3.63) is 34.9 Å². The molecule has 0 heterocycles. The van der Waals surface area contributed by atoms with Crippen LogP contribution in [0, 0.1) is 6.92 Å². The Bertz CT molecular complexity index is 413. The molecule has 0 spiro atoms. The Kier molecular flexibility index (Phi) is 4.50. The lowest BCUT2D eigenvalue weighted by molar-refractivity contribution is -0.136. The van der Waals surface area contributed by atoms with Gasteiger partial charge in [0.2, 0.25) is 0 Å². The number of aliphatic carboxylic acids is 1. The van der Waals surface area contributed by atoms with Crippen molar-refractivity contribution in [2.45, 2.75) is 19.8 Å². The first-order valence-corrected chi connectivity index (χ1v) is 5.48. The van der Waals surface area contributed by atoms with Gasteiger partial charge in [0.05, 0.1) is 6.42 Å². The molecule has 0 saturated heterocycles. The highest BCUT2D eigenvalue weighted by Gasteiger charge is 2.09. The molecule has 16 heavy (non-hydrogen) atoms. The molecule has 0 amide bonds. The second-order valence-electron chi connectivity index (χ2n) is 3.58. The van der Waals surface area contributed by atoms with Crippen LogP contribution in [-0.4, -0.2) is 22.7 Å². The molecule has 0 aromatic heterocycles. The summed E-state index contributed by atoms with van der Waals surface area (Å²) in [7, 11) is 0. The molecule has 0 aliphatic heterocycles. The highest BCUT2D eigenvalue weighted by atomic mass is 35.5. The van der Waals surface area contributed by atoms with E-state index in [0.717, 1.165) is 5.56 Å². The van der Waals surface area contributed by atoms with E-state index in [-0.39, 0.29) is 12.2 Å². The Morgan fingerprint density at radius 2 is 2.06 bits per heavy atom. The van der Waals surface area contributed by atoms with E-state index in [0.29, 0.717) is 23.4 Å². The average molecular weight is 241 g/mol. The zero-order valence-electron chi connectivity index (χ0n) is 9.00. The summed E-state index contributed by atoms with van der Waals surface area (Å²) in [5.74, 6) is -0.580. The largest absolute Gasteiger partial charge is 0.481 e. The first-order valence-electron chi connectivity index (χ1n) is 4.95. The number of aryl methyl sites for hydroxylation is 1. The first-order chi connectivity index (χ1) is 7.54. The molecule has 1 rings (SSSR count). The minimum Gasteiger partial charge on any atom is -0.481 e. The number of hydrogen-bond acceptors (Lipinski definition) is 2. The number of hydrogen-bond donors (Lipinski definition) is 1. The van der Waals surface area contributed by atoms with Gasteiger partial charge in [0.25, 0.3) is 0 Å². The Labute approximate surface area is 99.0 Å². The van der Waals surface area contributed by atoms with Crippen molar-refractivity contribution in [1.29, 1.82) is 0 Å². The van der Waals surface area contributed by atoms with E-state index in [1.807, 2.05) is 0 Å². The van der Waals surface area contributed by atoms with Crippen molar-refractivity contribution in [1.82, 2.24) is 0 Å². The van der Waals surface area contributed by atoms with Crippen LogP contribution in [0.25, 0.3) is 0 Å². The van der Waals surface area contributed by atoms with Crippen molar-refractivity contribution >= 4 is 23.4 Å². The van der Waals surface area contributed by atoms with Crippen LogP contribution in [0.15, 0.2) is 18.2 Å². The predicted octanol–water partition coefficient (Wildman–Crippen LogP) is 2.43. The maximum atomic E-state index is 11.6. The van der Waals surface area contributed by atoms with Crippen LogP contribution < -0.4 is 0 Å². The summed E-state index contributed by atoms with van der Waals surface area (Å²) < 4.78 is 0. The highest BCUT2D eigenvalue weighted by Crippen LogP contribution is 2.14. The van der Waals surface area contributed by atoms with Crippen LogP contribution >= 0.6 is 11.6 Å². The van der Waals surface area contributed by atoms with Crippen LogP contribution in [0.1, 0.15) is 27.9 Å². The van der Waals surface area contributed by atoms with Gasteiger partial charge in [-0.25, -0.2) is 0 Å². The molecule has 0 aliphatic carbocycles. The second-order valence-corrected chi connectivity index (χ2v) is 3.96. The Balaban J connectivity index is 2.91. The Morgan fingerprint density at radius 1 is 1.38 bits per heavy atom. The predicted molar refractivity (Wildman–Crippen MR) is 62.2 cm³/mol. The summed E-state index contributed by atoms with van der Waals surface area (Å²) in [6.45, 7) is 1.80. The minimum absolute atomic E-state index is 0.00521. The van der Waals surface area contributed by atoms with Crippen LogP contribution in [0.4, 0.5) is 0 Å². The molecule has 0 bridgehead atoms. The van der Waals surface area contributed by atoms with Crippen molar-refractivity contribution in [2.24, 2.45) is 0 Å². The molecule has 0 unspecified atom stereocenters. The molecular formula is C12H13ClO3. The number of alkyl halides is 1. The normalized spacial score (nSPS) is 10.1. The van der Waals surface area contributed by atoms with Gasteiger partial charge < -0.3 is 5.11 Å². The smallest absolute Gasteiger partial charge is 0.307 e. The summed E-state index contributed by atoms with van der Waals surface area (Å²) in [4.78, 5) is 22.1. The van der Waals surface area contributed by atoms with Gasteiger partial charge in [-0.15, -0.1) is 11.6 Å². The van der Waals surface area contributed by atoms with Crippen LogP contribution in [-0.2, 0) is 11.2 Å². The van der Waals surface area contributed by atoms with E-state index < -0.39 is 5.97 Å². The maximum absolute atomic E-state index is 11.6. The Hall–Kier alpha value is -1.35. The molecule has 4 heteroatoms. The first kappa shape index (κ1) is 12.7. The van der Waals surface area contributed by atoms with Gasteiger partial charge >= 0.3 is 5.97 Å². The molecule has 0 fully saturated rings. The average Bonchev–Trinajstić information content (AvgIpc) is 2.16. The van der Waals surface area contributed by atoms with Crippen LogP contribution in [0.2, 0.25) is 0 Å². The summed E-state index contributed by atoms with van der Waals surface area (Å²) in [6, 6.07) is 5.07. The number of benzene rings is 1. The Morgan fingerprint density at radius 3 is 2.56 bits per heavy atom. The lowest BCUT2D eigenvalue weighted by Gasteiger charge is -2.05. The van der Waals surface area contributed by atoms with Gasteiger partial charge in [-0.05, 0) is 18.1 Å². The third kappa shape index (κ3) is 3.35. The SMILES string of the molecule is Cc1cc(CC(=O)O)ccc1C(=O)CCCl. The number of rotatable bonds is 5. The monoisotopic (exact) mass is 240 g/mol. The fourth-order valence-corrected chi connectivity index (χ4v) is 1.72. The van der Waals surface area contributed by atoms with Gasteiger partial charge in [0.1, 0.15) is 0 Å². The fourth-order valence-electron chi connectivity index (χ4n) is 1.54. The van der Waals surface area contributed by atoms with E-state index >= 15 is 0 Å². The van der Waals surface area contributed by atoms with Gasteiger partial charge in [-0.3, -0.25) is 9.59 Å². The molecule has 1 N–H and O–H groups in total. The third-order valence-electron chi connectivity index (χ3n) is 2.27. The molecular weight excluding hydrogens is 228 g/mol. The molecule has 0 aliphatic rings. The summed E-state index contributed by atoms with van der Waals surface area (Å²) in [5.41, 5.74) is 2.12. The standard InChI is InChI=1S/C12H13ClO3/c1-8-6-9(7-12(15)16)2-3-10(8)11(14)4-5-13/h2-3,6H,4-5,7H2,1H3,(H,15,16). The number of Topliss-reactive ketones (excluding diaryl/α,β-unsaturated/α-hetero) is 1. The van der Waals surface area contributed by atoms with Crippen LogP contribution in [0.5, 0.6) is 0 Å². The van der Waals surface area contributed by atoms with Crippen molar-refractivity contribution in [3.8, 4) is 0 Å². The van der Waals surface area contributed by atoms with Crippen molar-refractivity contribution in [2.75, 3.05) is 5.88 Å². The minimum atomic E-state index is -0.876. The maximum Gasteiger partial charge on any atom is 0.307 e. The highest BCUT2D eigenvalue weighted by molar-refractivity contribution is 6.19. The fraction of sp³-hybridized carbons (Fsp3) is 0.333. The number of ketones is 1. The number of halogens is 1. The van der Waals surface area contributed by atoms with Gasteiger partial charge in [-0.1, -0.05) is 18.2 Å². The molecule has 0 radical (unpaired) electrons. The number of carboxylic acid groups (broad SMARTS) is 1. The van der Waals surface area contributed by atoms with Gasteiger partial charge in [0, 0.05) is 17.9 Å². The van der Waals surface area contributed by atoms with E-state index in [4.69, 9.17) is 16.7 Å². The van der Waals surface area contributed by atoms with E-state index in [1.54, 1.807) is 25.1 Å². The molecule has 86 valence electrons. The summed E-state index contributed by atoms with van der Waals surface area (Å²) in [6.07, 6.45) is 0.283. The number of carbonyl (C=O) groups excluding carboxylic acids is 1. The topological polar surface area (TPSA) is 54.4 Å². The van der Waals surface area contributed by atoms with E-state index in [9.17, 15) is 9.59 Å². The summed E-state index contributed by atoms with van der Waals surface area (Å²) >= 11 is 5.50. The molecule has 1 aromatic carbocycles. The number of carbonyl (C=O) groups is 2. The summed E-state index contributed by atoms with van der Waals surface area (Å²) in [5, 5.41) is 8.64. The lowest BCUT2D eigenvalue weighted by atomic mass is 9.99. The third-order valence-corrected chi connectivity index (χ3v) is 2.46. The quantitative estimate of drug-likeness (QED) is 0.635. The van der Waals surface area contributed by atoms with E-state index in [2.05, 4.69) is 0 Å². The second kappa shape index (κ2) is 5.66. The molecule has 0 atom stereocenters. The zero-order chi connectivity index (χ0) is 12.1. The lowest BCUT2D eigenvalue weighted by Crippen LogP contribution is -2.05.